The summed E-state index contributed by atoms with van der Waals surface area (Å²) in [6.45, 7) is 4.52. The Labute approximate surface area is 173 Å². The van der Waals surface area contributed by atoms with Crippen LogP contribution in [0.4, 0.5) is 10.5 Å². The van der Waals surface area contributed by atoms with E-state index in [0.29, 0.717) is 18.2 Å². The fraction of sp³-hybridized carbons (Fsp3) is 0.458. The first kappa shape index (κ1) is 21.0. The molecule has 2 aromatic carbocycles. The van der Waals surface area contributed by atoms with Crippen molar-refractivity contribution in [3.8, 4) is 11.5 Å². The van der Waals surface area contributed by atoms with Crippen LogP contribution < -0.4 is 14.4 Å². The van der Waals surface area contributed by atoms with Crippen LogP contribution in [0.3, 0.4) is 0 Å². The van der Waals surface area contributed by atoms with Crippen LogP contribution in [0.25, 0.3) is 0 Å². The molecule has 0 amide bonds. The van der Waals surface area contributed by atoms with Crippen LogP contribution in [-0.2, 0) is 4.74 Å². The van der Waals surface area contributed by atoms with Gasteiger partial charge in [0.25, 0.3) is 0 Å². The second-order valence-corrected chi connectivity index (χ2v) is 7.46. The molecule has 1 unspecified atom stereocenters. The van der Waals surface area contributed by atoms with E-state index in [2.05, 4.69) is 12.1 Å². The number of hydrogen-bond acceptors (Lipinski definition) is 5. The fourth-order valence-electron chi connectivity index (χ4n) is 4.01. The van der Waals surface area contributed by atoms with Crippen molar-refractivity contribution in [3.63, 3.8) is 0 Å². The summed E-state index contributed by atoms with van der Waals surface area (Å²) >= 11 is 0. The first-order valence-electron chi connectivity index (χ1n) is 10.5. The normalized spacial score (nSPS) is 15.4. The largest absolute Gasteiger partial charge is 0.515 e. The second-order valence-electron chi connectivity index (χ2n) is 7.46. The van der Waals surface area contributed by atoms with Crippen LogP contribution in [0, 0.1) is 0 Å². The zero-order valence-corrected chi connectivity index (χ0v) is 17.6. The minimum atomic E-state index is -0.704. The van der Waals surface area contributed by atoms with Gasteiger partial charge in [-0.25, -0.2) is 4.79 Å². The average molecular weight is 398 g/mol. The van der Waals surface area contributed by atoms with Crippen molar-refractivity contribution in [2.24, 2.45) is 0 Å². The molecule has 5 nitrogen and oxygen atoms in total. The topological polar surface area (TPSA) is 48.0 Å². The molecule has 2 aromatic rings. The Morgan fingerprint density at radius 2 is 1.79 bits per heavy atom. The summed E-state index contributed by atoms with van der Waals surface area (Å²) in [7, 11) is 1.63. The van der Waals surface area contributed by atoms with Crippen molar-refractivity contribution in [3.05, 3.63) is 54.1 Å². The van der Waals surface area contributed by atoms with Gasteiger partial charge in [0.1, 0.15) is 11.5 Å². The minimum absolute atomic E-state index is 0.471. The number of carbonyl (C=O) groups excluding carboxylic acids is 1. The molecule has 1 atom stereocenters. The maximum Gasteiger partial charge on any atom is 0.515 e. The number of benzene rings is 2. The van der Waals surface area contributed by atoms with Gasteiger partial charge in [-0.3, -0.25) is 0 Å². The lowest BCUT2D eigenvalue weighted by atomic mass is 9.84. The summed E-state index contributed by atoms with van der Waals surface area (Å²) in [6.07, 6.45) is 5.26. The second kappa shape index (κ2) is 10.2. The molecular formula is C24H31NO4. The van der Waals surface area contributed by atoms with Crippen molar-refractivity contribution in [1.29, 1.82) is 0 Å². The summed E-state index contributed by atoms with van der Waals surface area (Å²) in [5, 5.41) is 0. The highest BCUT2D eigenvalue weighted by molar-refractivity contribution is 5.64. The standard InChI is InChI=1S/C24H31NO4/c1-4-25(21-11-8-12-23(17-21)27-3)18(2)28-24(26)29-22-15-13-20(14-16-22)19-9-6-5-7-10-19/h8,11-19H,4-7,9-10H2,1-3H3. The summed E-state index contributed by atoms with van der Waals surface area (Å²) in [5.74, 6) is 1.89. The average Bonchev–Trinajstić information content (AvgIpc) is 2.75. The number of anilines is 1. The first-order valence-corrected chi connectivity index (χ1v) is 10.5. The van der Waals surface area contributed by atoms with Gasteiger partial charge in [-0.1, -0.05) is 37.5 Å². The Kier molecular flexibility index (Phi) is 7.39. The van der Waals surface area contributed by atoms with Gasteiger partial charge in [0.2, 0.25) is 0 Å². The smallest absolute Gasteiger partial charge is 0.497 e. The maximum atomic E-state index is 12.3. The molecule has 1 aliphatic carbocycles. The Balaban J connectivity index is 1.57. The van der Waals surface area contributed by atoms with Crippen LogP contribution in [-0.4, -0.2) is 26.0 Å². The predicted octanol–water partition coefficient (Wildman–Crippen LogP) is 6.13. The van der Waals surface area contributed by atoms with E-state index < -0.39 is 12.4 Å². The molecule has 0 heterocycles. The predicted molar refractivity (Wildman–Crippen MR) is 115 cm³/mol. The van der Waals surface area contributed by atoms with Crippen LogP contribution in [0.2, 0.25) is 0 Å². The van der Waals surface area contributed by atoms with Crippen LogP contribution in [0.15, 0.2) is 48.5 Å². The third-order valence-corrected chi connectivity index (χ3v) is 5.59. The van der Waals surface area contributed by atoms with Gasteiger partial charge in [0.05, 0.1) is 7.11 Å². The van der Waals surface area contributed by atoms with Gasteiger partial charge in [-0.2, -0.15) is 0 Å². The number of methoxy groups -OCH3 is 1. The van der Waals surface area contributed by atoms with Crippen molar-refractivity contribution in [2.45, 2.75) is 58.1 Å². The zero-order chi connectivity index (χ0) is 20.6. The molecule has 0 saturated heterocycles. The number of rotatable bonds is 7. The van der Waals surface area contributed by atoms with E-state index in [1.807, 2.05) is 55.1 Å². The van der Waals surface area contributed by atoms with Crippen molar-refractivity contribution >= 4 is 11.8 Å². The highest BCUT2D eigenvalue weighted by atomic mass is 16.7. The summed E-state index contributed by atoms with van der Waals surface area (Å²) in [5.41, 5.74) is 2.25. The fourth-order valence-corrected chi connectivity index (χ4v) is 4.01. The number of carbonyl (C=O) groups is 1. The van der Waals surface area contributed by atoms with E-state index in [0.717, 1.165) is 11.4 Å². The molecule has 0 aromatic heterocycles. The van der Waals surface area contributed by atoms with E-state index in [4.69, 9.17) is 14.2 Å². The van der Waals surface area contributed by atoms with E-state index in [9.17, 15) is 4.79 Å². The Hall–Kier alpha value is -2.69. The number of nitrogens with zero attached hydrogens (tertiary/aromatic N) is 1. The molecule has 1 saturated carbocycles. The van der Waals surface area contributed by atoms with Crippen LogP contribution >= 0.6 is 0 Å². The Morgan fingerprint density at radius 3 is 2.45 bits per heavy atom. The lowest BCUT2D eigenvalue weighted by Crippen LogP contribution is -2.37. The lowest BCUT2D eigenvalue weighted by Gasteiger charge is -2.29. The third kappa shape index (κ3) is 5.66. The molecule has 0 aliphatic heterocycles. The van der Waals surface area contributed by atoms with Gasteiger partial charge in [0, 0.05) is 18.3 Å². The highest BCUT2D eigenvalue weighted by Gasteiger charge is 2.20. The van der Waals surface area contributed by atoms with Gasteiger partial charge < -0.3 is 19.1 Å². The van der Waals surface area contributed by atoms with Crippen molar-refractivity contribution in [1.82, 2.24) is 0 Å². The maximum absolute atomic E-state index is 12.3. The van der Waals surface area contributed by atoms with Crippen molar-refractivity contribution < 1.29 is 19.0 Å². The van der Waals surface area contributed by atoms with Gasteiger partial charge >= 0.3 is 6.16 Å². The molecule has 1 fully saturated rings. The van der Waals surface area contributed by atoms with E-state index in [-0.39, 0.29) is 0 Å². The monoisotopic (exact) mass is 397 g/mol. The molecule has 0 spiro atoms. The van der Waals surface area contributed by atoms with Gasteiger partial charge in [0.15, 0.2) is 6.23 Å². The quantitative estimate of drug-likeness (QED) is 0.319. The van der Waals surface area contributed by atoms with E-state index >= 15 is 0 Å². The molecule has 156 valence electrons. The summed E-state index contributed by atoms with van der Waals surface area (Å²) < 4.78 is 16.2. The van der Waals surface area contributed by atoms with Crippen LogP contribution in [0.5, 0.6) is 11.5 Å². The summed E-state index contributed by atoms with van der Waals surface area (Å²) in [6, 6.07) is 15.5. The molecule has 0 N–H and O–H groups in total. The van der Waals surface area contributed by atoms with Crippen molar-refractivity contribution in [2.75, 3.05) is 18.6 Å². The first-order chi connectivity index (χ1) is 14.1. The van der Waals surface area contributed by atoms with Crippen LogP contribution in [0.1, 0.15) is 57.4 Å². The van der Waals surface area contributed by atoms with E-state index in [1.54, 1.807) is 7.11 Å². The molecule has 0 bridgehead atoms. The Morgan fingerprint density at radius 1 is 1.07 bits per heavy atom. The third-order valence-electron chi connectivity index (χ3n) is 5.59. The number of ether oxygens (including phenoxy) is 3. The zero-order valence-electron chi connectivity index (χ0n) is 17.6. The van der Waals surface area contributed by atoms with Gasteiger partial charge in [-0.15, -0.1) is 0 Å². The van der Waals surface area contributed by atoms with Gasteiger partial charge in [-0.05, 0) is 62.4 Å². The molecule has 3 rings (SSSR count). The molecular weight excluding hydrogens is 366 g/mol. The Bertz CT molecular complexity index is 784. The minimum Gasteiger partial charge on any atom is -0.497 e. The summed E-state index contributed by atoms with van der Waals surface area (Å²) in [4.78, 5) is 14.3. The molecule has 1 aliphatic rings. The number of hydrogen-bond donors (Lipinski definition) is 0. The SMILES string of the molecule is CCN(c1cccc(OC)c1)C(C)OC(=O)Oc1ccc(C2CCCCC2)cc1. The van der Waals surface area contributed by atoms with E-state index in [1.165, 1.54) is 37.7 Å². The molecule has 29 heavy (non-hydrogen) atoms. The molecule has 0 radical (unpaired) electrons. The highest BCUT2D eigenvalue weighted by Crippen LogP contribution is 2.33. The lowest BCUT2D eigenvalue weighted by molar-refractivity contribution is 0.0645. The molecule has 5 heteroatoms.